The molecule has 0 saturated carbocycles. The van der Waals surface area contributed by atoms with E-state index in [4.69, 9.17) is 0 Å². The van der Waals surface area contributed by atoms with Crippen molar-refractivity contribution in [2.24, 2.45) is 0 Å². The lowest BCUT2D eigenvalue weighted by Crippen LogP contribution is -2.50. The molecule has 0 atom stereocenters. The Labute approximate surface area is 152 Å². The van der Waals surface area contributed by atoms with Crippen molar-refractivity contribution >= 4 is 28.2 Å². The maximum atomic E-state index is 12.4. The van der Waals surface area contributed by atoms with Crippen LogP contribution >= 0.6 is 11.3 Å². The minimum absolute atomic E-state index is 0.0920. The first-order valence-corrected chi connectivity index (χ1v) is 9.61. The van der Waals surface area contributed by atoms with E-state index in [-0.39, 0.29) is 6.03 Å². The fourth-order valence-electron chi connectivity index (χ4n) is 2.82. The van der Waals surface area contributed by atoms with Crippen molar-refractivity contribution in [3.8, 4) is 0 Å². The van der Waals surface area contributed by atoms with Crippen LogP contribution in [0.15, 0.2) is 24.5 Å². The van der Waals surface area contributed by atoms with Crippen molar-refractivity contribution in [2.45, 2.75) is 32.6 Å². The monoisotopic (exact) mass is 360 g/mol. The summed E-state index contributed by atoms with van der Waals surface area (Å²) in [5.41, 5.74) is 1.15. The lowest BCUT2D eigenvalue weighted by molar-refractivity contribution is 0.208. The summed E-state index contributed by atoms with van der Waals surface area (Å²) in [5.74, 6) is 0. The van der Waals surface area contributed by atoms with Gasteiger partial charge in [-0.15, -0.1) is 10.2 Å². The molecule has 0 bridgehead atoms. The number of nitrogens with one attached hydrogen (secondary N) is 1. The minimum atomic E-state index is -0.0920. The molecule has 3 rings (SSSR count). The van der Waals surface area contributed by atoms with Gasteiger partial charge >= 0.3 is 6.03 Å². The van der Waals surface area contributed by atoms with E-state index in [9.17, 15) is 4.79 Å². The second-order valence-corrected chi connectivity index (χ2v) is 7.13. The Hall–Kier alpha value is -2.22. The topological polar surface area (TPSA) is 74.2 Å². The highest BCUT2D eigenvalue weighted by Gasteiger charge is 2.22. The van der Waals surface area contributed by atoms with Crippen LogP contribution in [0, 0.1) is 0 Å². The molecule has 0 aliphatic carbocycles. The number of anilines is 2. The summed E-state index contributed by atoms with van der Waals surface area (Å²) in [5, 5.41) is 12.7. The SMILES string of the molecule is CCCCCc1nnc(NC(=O)N2CCN(c3ccncc3)CC2)s1. The Bertz CT molecular complexity index is 669. The molecule has 3 heterocycles. The van der Waals surface area contributed by atoms with Crippen LogP contribution in [0.25, 0.3) is 0 Å². The van der Waals surface area contributed by atoms with Gasteiger partial charge in [-0.1, -0.05) is 31.1 Å². The van der Waals surface area contributed by atoms with Crippen molar-refractivity contribution in [2.75, 3.05) is 36.4 Å². The quantitative estimate of drug-likeness (QED) is 0.802. The molecule has 1 aliphatic rings. The molecule has 1 fully saturated rings. The second-order valence-electron chi connectivity index (χ2n) is 6.07. The van der Waals surface area contributed by atoms with Crippen molar-refractivity contribution in [3.05, 3.63) is 29.5 Å². The second kappa shape index (κ2) is 8.75. The minimum Gasteiger partial charge on any atom is -0.368 e. The third kappa shape index (κ3) is 4.88. The molecule has 25 heavy (non-hydrogen) atoms. The molecule has 0 radical (unpaired) electrons. The first-order chi connectivity index (χ1) is 12.3. The number of pyridine rings is 1. The number of aromatic nitrogens is 3. The molecule has 2 aromatic heterocycles. The van der Waals surface area contributed by atoms with Crippen LogP contribution in [-0.4, -0.2) is 52.3 Å². The molecule has 0 spiro atoms. The smallest absolute Gasteiger partial charge is 0.323 e. The average molecular weight is 360 g/mol. The number of urea groups is 1. The van der Waals surface area contributed by atoms with Crippen molar-refractivity contribution in [1.82, 2.24) is 20.1 Å². The van der Waals surface area contributed by atoms with E-state index < -0.39 is 0 Å². The molecule has 1 saturated heterocycles. The van der Waals surface area contributed by atoms with E-state index in [2.05, 4.69) is 32.3 Å². The van der Waals surface area contributed by atoms with Gasteiger partial charge in [-0.25, -0.2) is 4.79 Å². The van der Waals surface area contributed by atoms with Gasteiger partial charge in [-0.05, 0) is 18.6 Å². The molecule has 1 aliphatic heterocycles. The summed E-state index contributed by atoms with van der Waals surface area (Å²) < 4.78 is 0. The first-order valence-electron chi connectivity index (χ1n) is 8.79. The van der Waals surface area contributed by atoms with Crippen LogP contribution in [0.4, 0.5) is 15.6 Å². The highest BCUT2D eigenvalue weighted by Crippen LogP contribution is 2.19. The van der Waals surface area contributed by atoms with Crippen LogP contribution in [-0.2, 0) is 6.42 Å². The maximum absolute atomic E-state index is 12.4. The molecule has 1 N–H and O–H groups in total. The van der Waals surface area contributed by atoms with Gasteiger partial charge in [0, 0.05) is 50.7 Å². The van der Waals surface area contributed by atoms with Gasteiger partial charge in [-0.3, -0.25) is 10.3 Å². The van der Waals surface area contributed by atoms with Crippen LogP contribution in [0.3, 0.4) is 0 Å². The van der Waals surface area contributed by atoms with Crippen molar-refractivity contribution in [3.63, 3.8) is 0 Å². The first kappa shape index (κ1) is 17.6. The third-order valence-electron chi connectivity index (χ3n) is 4.27. The van der Waals surface area contributed by atoms with E-state index in [1.807, 2.05) is 17.0 Å². The number of hydrogen-bond acceptors (Lipinski definition) is 6. The zero-order valence-electron chi connectivity index (χ0n) is 14.5. The normalized spacial score (nSPS) is 14.6. The van der Waals surface area contributed by atoms with Crippen molar-refractivity contribution in [1.29, 1.82) is 0 Å². The molecule has 8 heteroatoms. The van der Waals surface area contributed by atoms with Gasteiger partial charge in [0.05, 0.1) is 0 Å². The zero-order chi connectivity index (χ0) is 17.5. The van der Waals surface area contributed by atoms with Crippen LogP contribution in [0.1, 0.15) is 31.2 Å². The molecular weight excluding hydrogens is 336 g/mol. The van der Waals surface area contributed by atoms with E-state index in [1.165, 1.54) is 24.2 Å². The lowest BCUT2D eigenvalue weighted by atomic mass is 10.2. The summed E-state index contributed by atoms with van der Waals surface area (Å²) in [6, 6.07) is 3.90. The summed E-state index contributed by atoms with van der Waals surface area (Å²) in [7, 11) is 0. The van der Waals surface area contributed by atoms with Gasteiger partial charge in [0.1, 0.15) is 5.01 Å². The number of unbranched alkanes of at least 4 members (excludes halogenated alkanes) is 2. The number of nitrogens with zero attached hydrogens (tertiary/aromatic N) is 5. The van der Waals surface area contributed by atoms with E-state index >= 15 is 0 Å². The Morgan fingerprint density at radius 1 is 1.16 bits per heavy atom. The van der Waals surface area contributed by atoms with Crippen molar-refractivity contribution < 1.29 is 4.79 Å². The molecule has 2 aromatic rings. The lowest BCUT2D eigenvalue weighted by Gasteiger charge is -2.35. The third-order valence-corrected chi connectivity index (χ3v) is 5.17. The highest BCUT2D eigenvalue weighted by molar-refractivity contribution is 7.15. The number of hydrogen-bond donors (Lipinski definition) is 1. The van der Waals surface area contributed by atoms with E-state index in [0.29, 0.717) is 18.2 Å². The predicted molar refractivity (Wildman–Crippen MR) is 100 cm³/mol. The fraction of sp³-hybridized carbons (Fsp3) is 0.529. The van der Waals surface area contributed by atoms with Gasteiger partial charge in [0.25, 0.3) is 0 Å². The summed E-state index contributed by atoms with van der Waals surface area (Å²) in [4.78, 5) is 20.5. The molecule has 0 aromatic carbocycles. The largest absolute Gasteiger partial charge is 0.368 e. The number of rotatable bonds is 6. The van der Waals surface area contributed by atoms with Crippen LogP contribution in [0.2, 0.25) is 0 Å². The maximum Gasteiger partial charge on any atom is 0.323 e. The molecule has 134 valence electrons. The summed E-state index contributed by atoms with van der Waals surface area (Å²) in [6.07, 6.45) is 8.03. The Morgan fingerprint density at radius 2 is 1.92 bits per heavy atom. The number of aryl methyl sites for hydroxylation is 1. The van der Waals surface area contributed by atoms with E-state index in [0.717, 1.165) is 36.6 Å². The fourth-order valence-corrected chi connectivity index (χ4v) is 3.60. The zero-order valence-corrected chi connectivity index (χ0v) is 15.3. The Kier molecular flexibility index (Phi) is 6.16. The van der Waals surface area contributed by atoms with Gasteiger partial charge in [0.2, 0.25) is 5.13 Å². The van der Waals surface area contributed by atoms with Gasteiger partial charge in [-0.2, -0.15) is 0 Å². The molecular formula is C17H24N6OS. The number of carbonyl (C=O) groups excluding carboxylic acids is 1. The predicted octanol–water partition coefficient (Wildman–Crippen LogP) is 3.02. The molecule has 0 unspecified atom stereocenters. The van der Waals surface area contributed by atoms with Crippen LogP contribution in [0.5, 0.6) is 0 Å². The molecule has 7 nitrogen and oxygen atoms in total. The van der Waals surface area contributed by atoms with Crippen LogP contribution < -0.4 is 10.2 Å². The number of carbonyl (C=O) groups is 1. The number of piperazine rings is 1. The summed E-state index contributed by atoms with van der Waals surface area (Å²) >= 11 is 1.47. The average Bonchev–Trinajstić information content (AvgIpc) is 3.10. The number of amides is 2. The highest BCUT2D eigenvalue weighted by atomic mass is 32.1. The van der Waals surface area contributed by atoms with Gasteiger partial charge in [0.15, 0.2) is 0 Å². The Balaban J connectivity index is 1.46. The Morgan fingerprint density at radius 3 is 2.64 bits per heavy atom. The van der Waals surface area contributed by atoms with Gasteiger partial charge < -0.3 is 9.80 Å². The molecule has 2 amide bonds. The van der Waals surface area contributed by atoms with E-state index in [1.54, 1.807) is 12.4 Å². The standard InChI is InChI=1S/C17H24N6OS/c1-2-3-4-5-15-20-21-16(25-15)19-17(24)23-12-10-22(11-13-23)14-6-8-18-9-7-14/h6-9H,2-5,10-13H2,1H3,(H,19,21,24). The summed E-state index contributed by atoms with van der Waals surface area (Å²) in [6.45, 7) is 5.19.